The fraction of sp³-hybridized carbons (Fsp3) is 0.800. The smallest absolute Gasteiger partial charge is 0.550 e. The van der Waals surface area contributed by atoms with Gasteiger partial charge in [-0.05, 0) is 20.8 Å². The molecule has 1 amide bonds. The molecular formula is C10H18NNaO5. The molecule has 0 spiro atoms. The van der Waals surface area contributed by atoms with Crippen molar-refractivity contribution in [3.63, 3.8) is 0 Å². The molecule has 0 aliphatic carbocycles. The Hall–Kier alpha value is -0.300. The molecule has 1 atom stereocenters. The number of carbonyl (C=O) groups is 2. The van der Waals surface area contributed by atoms with E-state index in [0.717, 1.165) is 4.90 Å². The van der Waals surface area contributed by atoms with Crippen molar-refractivity contribution in [3.8, 4) is 0 Å². The molecule has 7 heteroatoms. The zero-order valence-electron chi connectivity index (χ0n) is 11.0. The van der Waals surface area contributed by atoms with E-state index in [1.54, 1.807) is 20.8 Å². The van der Waals surface area contributed by atoms with Gasteiger partial charge >= 0.3 is 35.7 Å². The van der Waals surface area contributed by atoms with Crippen LogP contribution in [0.4, 0.5) is 4.79 Å². The monoisotopic (exact) mass is 255 g/mol. The van der Waals surface area contributed by atoms with E-state index < -0.39 is 30.2 Å². The van der Waals surface area contributed by atoms with Crippen LogP contribution in [-0.2, 0) is 9.53 Å². The van der Waals surface area contributed by atoms with Crippen LogP contribution in [0, 0.1) is 0 Å². The van der Waals surface area contributed by atoms with Crippen molar-refractivity contribution in [2.75, 3.05) is 13.6 Å². The molecule has 0 aromatic heterocycles. The largest absolute Gasteiger partial charge is 1.00 e. The second-order valence-corrected chi connectivity index (χ2v) is 4.59. The van der Waals surface area contributed by atoms with Crippen molar-refractivity contribution >= 4 is 12.1 Å². The van der Waals surface area contributed by atoms with E-state index in [1.165, 1.54) is 7.05 Å². The van der Waals surface area contributed by atoms with Gasteiger partial charge in [0.05, 0.1) is 6.10 Å². The van der Waals surface area contributed by atoms with Crippen LogP contribution in [0.25, 0.3) is 0 Å². The van der Waals surface area contributed by atoms with Gasteiger partial charge in [0.15, 0.2) is 0 Å². The van der Waals surface area contributed by atoms with Gasteiger partial charge in [-0.25, -0.2) is 4.79 Å². The number of carbonyl (C=O) groups excluding carboxylic acids is 2. The van der Waals surface area contributed by atoms with Crippen LogP contribution < -0.4 is 34.7 Å². The topological polar surface area (TPSA) is 89.9 Å². The number of aliphatic hydroxyl groups is 1. The number of ether oxygens (including phenoxy) is 1. The molecule has 0 bridgehead atoms. The molecule has 0 saturated heterocycles. The van der Waals surface area contributed by atoms with Crippen molar-refractivity contribution < 1.29 is 54.1 Å². The average Bonchev–Trinajstić information content (AvgIpc) is 1.98. The summed E-state index contributed by atoms with van der Waals surface area (Å²) in [7, 11) is 1.42. The van der Waals surface area contributed by atoms with Crippen molar-refractivity contribution in [3.05, 3.63) is 0 Å². The number of carboxylic acids is 1. The summed E-state index contributed by atoms with van der Waals surface area (Å²) >= 11 is 0. The fourth-order valence-electron chi connectivity index (χ4n) is 0.987. The van der Waals surface area contributed by atoms with E-state index in [-0.39, 0.29) is 36.1 Å². The van der Waals surface area contributed by atoms with Gasteiger partial charge in [0.25, 0.3) is 0 Å². The zero-order valence-corrected chi connectivity index (χ0v) is 13.0. The van der Waals surface area contributed by atoms with E-state index in [0.29, 0.717) is 0 Å². The molecule has 0 heterocycles. The summed E-state index contributed by atoms with van der Waals surface area (Å²) in [5, 5.41) is 19.5. The van der Waals surface area contributed by atoms with Gasteiger partial charge in [0.1, 0.15) is 5.60 Å². The zero-order chi connectivity index (χ0) is 12.9. The summed E-state index contributed by atoms with van der Waals surface area (Å²) in [6.07, 6.45) is -2.26. The minimum absolute atomic E-state index is 0. The Morgan fingerprint density at radius 3 is 2.24 bits per heavy atom. The van der Waals surface area contributed by atoms with Crippen molar-refractivity contribution in [1.82, 2.24) is 4.90 Å². The molecule has 6 nitrogen and oxygen atoms in total. The average molecular weight is 255 g/mol. The number of carboxylic acid groups (broad SMARTS) is 1. The van der Waals surface area contributed by atoms with E-state index in [9.17, 15) is 19.8 Å². The summed E-state index contributed by atoms with van der Waals surface area (Å²) in [4.78, 5) is 22.7. The number of nitrogens with zero attached hydrogens (tertiary/aromatic N) is 1. The third-order valence-corrected chi connectivity index (χ3v) is 1.59. The van der Waals surface area contributed by atoms with Crippen LogP contribution in [0.5, 0.6) is 0 Å². The second-order valence-electron chi connectivity index (χ2n) is 4.59. The molecule has 17 heavy (non-hydrogen) atoms. The molecule has 94 valence electrons. The van der Waals surface area contributed by atoms with Gasteiger partial charge in [-0.3, -0.25) is 0 Å². The van der Waals surface area contributed by atoms with Crippen molar-refractivity contribution in [2.45, 2.75) is 38.9 Å². The minimum Gasteiger partial charge on any atom is -0.550 e. The molecule has 0 radical (unpaired) electrons. The van der Waals surface area contributed by atoms with Gasteiger partial charge in [-0.2, -0.15) is 0 Å². The van der Waals surface area contributed by atoms with Crippen molar-refractivity contribution in [2.24, 2.45) is 0 Å². The summed E-state index contributed by atoms with van der Waals surface area (Å²) in [5.74, 6) is -1.36. The summed E-state index contributed by atoms with van der Waals surface area (Å²) < 4.78 is 5.02. The minimum atomic E-state index is -1.36. The predicted octanol–water partition coefficient (Wildman–Crippen LogP) is -3.64. The van der Waals surface area contributed by atoms with Crippen molar-refractivity contribution in [1.29, 1.82) is 0 Å². The molecule has 0 aliphatic heterocycles. The van der Waals surface area contributed by atoms with Crippen LogP contribution in [-0.4, -0.2) is 47.4 Å². The van der Waals surface area contributed by atoms with Gasteiger partial charge in [0, 0.05) is 26.0 Å². The van der Waals surface area contributed by atoms with E-state index >= 15 is 0 Å². The number of likely N-dealkylation sites (N-methyl/N-ethyl adjacent to an activating group) is 1. The van der Waals surface area contributed by atoms with Crippen LogP contribution in [0.1, 0.15) is 27.2 Å². The Balaban J connectivity index is 0. The van der Waals surface area contributed by atoms with Gasteiger partial charge in [-0.1, -0.05) is 0 Å². The van der Waals surface area contributed by atoms with E-state index in [4.69, 9.17) is 4.74 Å². The Morgan fingerprint density at radius 2 is 1.88 bits per heavy atom. The predicted molar refractivity (Wildman–Crippen MR) is 54.5 cm³/mol. The molecule has 0 saturated carbocycles. The Kier molecular flexibility index (Phi) is 8.87. The maximum absolute atomic E-state index is 11.4. The van der Waals surface area contributed by atoms with Crippen LogP contribution in [0.15, 0.2) is 0 Å². The molecule has 1 unspecified atom stereocenters. The van der Waals surface area contributed by atoms with E-state index in [1.807, 2.05) is 0 Å². The van der Waals surface area contributed by atoms with E-state index in [2.05, 4.69) is 0 Å². The van der Waals surface area contributed by atoms with Crippen LogP contribution >= 0.6 is 0 Å². The number of hydrogen-bond acceptors (Lipinski definition) is 5. The molecular weight excluding hydrogens is 237 g/mol. The molecule has 1 N–H and O–H groups in total. The first-order valence-corrected chi connectivity index (χ1v) is 4.94. The summed E-state index contributed by atoms with van der Waals surface area (Å²) in [5.41, 5.74) is -0.620. The maximum atomic E-state index is 11.4. The Labute approximate surface area is 123 Å². The fourth-order valence-corrected chi connectivity index (χ4v) is 0.987. The molecule has 0 aliphatic rings. The third-order valence-electron chi connectivity index (χ3n) is 1.59. The number of hydrogen-bond donors (Lipinski definition) is 1. The second kappa shape index (κ2) is 7.92. The van der Waals surface area contributed by atoms with Crippen LogP contribution in [0.3, 0.4) is 0 Å². The summed E-state index contributed by atoms with van der Waals surface area (Å²) in [6, 6.07) is 0. The first-order chi connectivity index (χ1) is 7.11. The number of aliphatic hydroxyl groups excluding tert-OH is 1. The number of rotatable bonds is 4. The number of amides is 1. The van der Waals surface area contributed by atoms with Crippen LogP contribution in [0.2, 0.25) is 0 Å². The molecule has 0 rings (SSSR count). The van der Waals surface area contributed by atoms with Gasteiger partial charge < -0.3 is 24.6 Å². The number of aliphatic carboxylic acids is 1. The SMILES string of the molecule is CN(CC(O)CC(=O)[O-])C(=O)OC(C)(C)C.[Na+]. The standard InChI is InChI=1S/C10H19NO5.Na/c1-10(2,3)16-9(15)11(4)6-7(12)5-8(13)14;/h7,12H,5-6H2,1-4H3,(H,13,14);/q;+1/p-1. The first kappa shape index (κ1) is 19.0. The first-order valence-electron chi connectivity index (χ1n) is 4.94. The van der Waals surface area contributed by atoms with Gasteiger partial charge in [0.2, 0.25) is 0 Å². The Morgan fingerprint density at radius 1 is 1.41 bits per heavy atom. The van der Waals surface area contributed by atoms with Gasteiger partial charge in [-0.15, -0.1) is 0 Å². The Bertz CT molecular complexity index is 264. The normalized spacial score (nSPS) is 12.3. The molecule has 0 aromatic rings. The quantitative estimate of drug-likeness (QED) is 0.523. The molecule has 0 fully saturated rings. The molecule has 0 aromatic carbocycles. The third kappa shape index (κ3) is 10.6. The summed E-state index contributed by atoms with van der Waals surface area (Å²) in [6.45, 7) is 5.05. The maximum Gasteiger partial charge on any atom is 1.00 e.